The molecule has 2 aliphatic rings. The number of Topliss-reactive ketones (excluding diaryl/α,β-unsaturated/α-hetero) is 1. The number of methoxy groups -OCH3 is 2. The van der Waals surface area contributed by atoms with Crippen LogP contribution >= 0.6 is 0 Å². The van der Waals surface area contributed by atoms with E-state index in [0.29, 0.717) is 53.4 Å². The van der Waals surface area contributed by atoms with Crippen molar-refractivity contribution in [1.82, 2.24) is 9.55 Å². The van der Waals surface area contributed by atoms with Crippen LogP contribution in [0.2, 0.25) is 0 Å². The summed E-state index contributed by atoms with van der Waals surface area (Å²) in [6.45, 7) is 6.28. The fraction of sp³-hybridized carbons (Fsp3) is 0.435. The van der Waals surface area contributed by atoms with Crippen molar-refractivity contribution in [2.75, 3.05) is 19.5 Å². The molecule has 8 heteroatoms. The van der Waals surface area contributed by atoms with Crippen LogP contribution in [0.5, 0.6) is 11.5 Å². The number of nitrogens with one attached hydrogen (secondary N) is 2. The molecule has 0 bridgehead atoms. The zero-order chi connectivity index (χ0) is 22.5. The second kappa shape index (κ2) is 7.44. The second-order valence-electron chi connectivity index (χ2n) is 8.76. The van der Waals surface area contributed by atoms with Gasteiger partial charge in [0.2, 0.25) is 0 Å². The lowest BCUT2D eigenvalue weighted by Gasteiger charge is -2.39. The van der Waals surface area contributed by atoms with Crippen molar-refractivity contribution in [3.63, 3.8) is 0 Å². The highest BCUT2D eigenvalue weighted by atomic mass is 16.5. The molecule has 1 aliphatic carbocycles. The Morgan fingerprint density at radius 3 is 2.52 bits per heavy atom. The Balaban J connectivity index is 2.10. The van der Waals surface area contributed by atoms with E-state index < -0.39 is 17.2 Å². The standard InChI is InChI=1S/C23H27N3O5/c1-6-26-20-19(21(28)25-22(26)29)17(13-9-12(30-4)7-8-16(13)31-5)18-14(24-20)10-23(2,3)11-15(18)27/h7-9,17,24H,6,10-11H2,1-5H3,(H,25,28,29)/t17-/m0/s1. The Morgan fingerprint density at radius 1 is 1.13 bits per heavy atom. The zero-order valence-corrected chi connectivity index (χ0v) is 18.4. The van der Waals surface area contributed by atoms with Crippen molar-refractivity contribution in [2.45, 2.75) is 46.1 Å². The fourth-order valence-corrected chi connectivity index (χ4v) is 4.74. The highest BCUT2D eigenvalue weighted by molar-refractivity contribution is 6.01. The minimum absolute atomic E-state index is 0.0204. The minimum atomic E-state index is -0.679. The molecule has 31 heavy (non-hydrogen) atoms. The lowest BCUT2D eigenvalue weighted by atomic mass is 9.69. The number of nitrogens with zero attached hydrogens (tertiary/aromatic N) is 1. The van der Waals surface area contributed by atoms with Crippen molar-refractivity contribution >= 4 is 11.6 Å². The van der Waals surface area contributed by atoms with Crippen LogP contribution in [0, 0.1) is 5.41 Å². The van der Waals surface area contributed by atoms with Crippen LogP contribution in [0.1, 0.15) is 50.7 Å². The normalized spacial score (nSPS) is 19.4. The number of aromatic amines is 1. The molecular formula is C23H27N3O5. The van der Waals surface area contributed by atoms with E-state index in [1.165, 1.54) is 4.57 Å². The highest BCUT2D eigenvalue weighted by Gasteiger charge is 2.43. The van der Waals surface area contributed by atoms with E-state index in [-0.39, 0.29) is 11.2 Å². The smallest absolute Gasteiger partial charge is 0.329 e. The van der Waals surface area contributed by atoms with E-state index >= 15 is 0 Å². The Labute approximate surface area is 179 Å². The minimum Gasteiger partial charge on any atom is -0.497 e. The van der Waals surface area contributed by atoms with Crippen molar-refractivity contribution in [1.29, 1.82) is 0 Å². The van der Waals surface area contributed by atoms with Crippen molar-refractivity contribution in [3.05, 3.63) is 61.4 Å². The molecule has 0 amide bonds. The molecular weight excluding hydrogens is 398 g/mol. The van der Waals surface area contributed by atoms with Crippen molar-refractivity contribution in [3.8, 4) is 11.5 Å². The third kappa shape index (κ3) is 3.36. The van der Waals surface area contributed by atoms with Crippen LogP contribution in [0.3, 0.4) is 0 Å². The summed E-state index contributed by atoms with van der Waals surface area (Å²) in [5, 5.41) is 3.28. The lowest BCUT2D eigenvalue weighted by Crippen LogP contribution is -2.41. The Hall–Kier alpha value is -3.29. The van der Waals surface area contributed by atoms with Gasteiger partial charge in [-0.05, 0) is 37.0 Å². The summed E-state index contributed by atoms with van der Waals surface area (Å²) < 4.78 is 12.5. The van der Waals surface area contributed by atoms with Crippen LogP contribution in [0.25, 0.3) is 0 Å². The maximum absolute atomic E-state index is 13.4. The summed E-state index contributed by atoms with van der Waals surface area (Å²) in [5.41, 5.74) is 1.04. The molecule has 0 radical (unpaired) electrons. The molecule has 0 saturated heterocycles. The average molecular weight is 425 g/mol. The van der Waals surface area contributed by atoms with Crippen LogP contribution in [0.15, 0.2) is 39.1 Å². The van der Waals surface area contributed by atoms with E-state index in [9.17, 15) is 14.4 Å². The predicted octanol–water partition coefficient (Wildman–Crippen LogP) is 2.77. The zero-order valence-electron chi connectivity index (χ0n) is 18.4. The molecule has 1 atom stereocenters. The van der Waals surface area contributed by atoms with Gasteiger partial charge in [-0.1, -0.05) is 13.8 Å². The van der Waals surface area contributed by atoms with Crippen molar-refractivity contribution < 1.29 is 14.3 Å². The van der Waals surface area contributed by atoms with Gasteiger partial charge in [-0.15, -0.1) is 0 Å². The molecule has 0 unspecified atom stereocenters. The Bertz CT molecular complexity index is 1220. The maximum Gasteiger partial charge on any atom is 0.329 e. The number of ether oxygens (including phenoxy) is 2. The van der Waals surface area contributed by atoms with Gasteiger partial charge in [0, 0.05) is 29.8 Å². The second-order valence-corrected chi connectivity index (χ2v) is 8.76. The number of benzene rings is 1. The van der Waals surface area contributed by atoms with Crippen LogP contribution < -0.4 is 26.0 Å². The number of carbonyl (C=O) groups excluding carboxylic acids is 1. The SMILES string of the molecule is CCn1c2c(c(=O)[nH]c1=O)[C@@H](c1cc(OC)ccc1OC)C1=C(CC(C)(C)CC1=O)N2. The first kappa shape index (κ1) is 21.0. The summed E-state index contributed by atoms with van der Waals surface area (Å²) in [6.07, 6.45) is 0.998. The molecule has 0 saturated carbocycles. The molecule has 164 valence electrons. The largest absolute Gasteiger partial charge is 0.497 e. The Kier molecular flexibility index (Phi) is 5.03. The topological polar surface area (TPSA) is 102 Å². The van der Waals surface area contributed by atoms with Gasteiger partial charge in [0.25, 0.3) is 5.56 Å². The van der Waals surface area contributed by atoms with Gasteiger partial charge in [-0.3, -0.25) is 19.1 Å². The van der Waals surface area contributed by atoms with E-state index in [1.54, 1.807) is 32.4 Å². The number of H-pyrrole nitrogens is 1. The predicted molar refractivity (Wildman–Crippen MR) is 117 cm³/mol. The van der Waals surface area contributed by atoms with E-state index in [4.69, 9.17) is 9.47 Å². The quantitative estimate of drug-likeness (QED) is 0.781. The van der Waals surface area contributed by atoms with Crippen LogP contribution in [-0.4, -0.2) is 29.6 Å². The van der Waals surface area contributed by atoms with Gasteiger partial charge in [0.1, 0.15) is 17.3 Å². The molecule has 2 aromatic rings. The van der Waals surface area contributed by atoms with Gasteiger partial charge in [0.15, 0.2) is 5.78 Å². The van der Waals surface area contributed by atoms with Gasteiger partial charge >= 0.3 is 5.69 Å². The van der Waals surface area contributed by atoms with E-state index in [0.717, 1.165) is 5.70 Å². The van der Waals surface area contributed by atoms with Gasteiger partial charge in [-0.25, -0.2) is 4.79 Å². The number of carbonyl (C=O) groups is 1. The number of hydrogen-bond donors (Lipinski definition) is 2. The fourth-order valence-electron chi connectivity index (χ4n) is 4.74. The summed E-state index contributed by atoms with van der Waals surface area (Å²) in [4.78, 5) is 41.4. The molecule has 2 heterocycles. The highest BCUT2D eigenvalue weighted by Crippen LogP contribution is 2.49. The van der Waals surface area contributed by atoms with Crippen molar-refractivity contribution in [2.24, 2.45) is 5.41 Å². The molecule has 4 rings (SSSR count). The number of rotatable bonds is 4. The third-order valence-electron chi connectivity index (χ3n) is 6.07. The van der Waals surface area contributed by atoms with Gasteiger partial charge in [-0.2, -0.15) is 0 Å². The summed E-state index contributed by atoms with van der Waals surface area (Å²) in [7, 11) is 3.11. The number of fused-ring (bicyclic) bond motifs is 1. The molecule has 0 fully saturated rings. The molecule has 1 aromatic heterocycles. The average Bonchev–Trinajstić information content (AvgIpc) is 2.71. The lowest BCUT2D eigenvalue weighted by molar-refractivity contribution is -0.118. The maximum atomic E-state index is 13.4. The monoisotopic (exact) mass is 425 g/mol. The van der Waals surface area contributed by atoms with Gasteiger partial charge < -0.3 is 14.8 Å². The third-order valence-corrected chi connectivity index (χ3v) is 6.07. The Morgan fingerprint density at radius 2 is 1.87 bits per heavy atom. The molecule has 1 aliphatic heterocycles. The van der Waals surface area contributed by atoms with Crippen LogP contribution in [0.4, 0.5) is 5.82 Å². The van der Waals surface area contributed by atoms with Gasteiger partial charge in [0.05, 0.1) is 25.7 Å². The van der Waals surface area contributed by atoms with Crippen LogP contribution in [-0.2, 0) is 11.3 Å². The number of aromatic nitrogens is 2. The first-order chi connectivity index (χ1) is 14.7. The van der Waals surface area contributed by atoms with E-state index in [1.807, 2.05) is 20.8 Å². The number of ketones is 1. The molecule has 1 aromatic carbocycles. The molecule has 0 spiro atoms. The molecule has 2 N–H and O–H groups in total. The number of hydrogen-bond acceptors (Lipinski definition) is 6. The summed E-state index contributed by atoms with van der Waals surface area (Å²) >= 11 is 0. The summed E-state index contributed by atoms with van der Waals surface area (Å²) in [5.74, 6) is 0.851. The molecule has 8 nitrogen and oxygen atoms in total. The van der Waals surface area contributed by atoms with E-state index in [2.05, 4.69) is 10.3 Å². The summed E-state index contributed by atoms with van der Waals surface area (Å²) in [6, 6.07) is 5.32. The number of anilines is 1. The number of allylic oxidation sites excluding steroid dienone is 2. The first-order valence-corrected chi connectivity index (χ1v) is 10.3. The first-order valence-electron chi connectivity index (χ1n) is 10.3.